The molecular weight excluding hydrogens is 312 g/mol. The molecule has 0 spiro atoms. The molecule has 0 aliphatic carbocycles. The molecule has 100 valence electrons. The highest BCUT2D eigenvalue weighted by Gasteiger charge is 2.22. The number of rotatable bonds is 3. The number of halogens is 3. The van der Waals surface area contributed by atoms with Gasteiger partial charge in [0, 0.05) is 10.0 Å². The van der Waals surface area contributed by atoms with Gasteiger partial charge in [0.05, 0.1) is 6.04 Å². The number of nitrogens with one attached hydrogen (secondary N) is 1. The highest BCUT2D eigenvalue weighted by Crippen LogP contribution is 2.30. The van der Waals surface area contributed by atoms with Crippen LogP contribution in [0.25, 0.3) is 0 Å². The Morgan fingerprint density at radius 1 is 1.11 bits per heavy atom. The van der Waals surface area contributed by atoms with Gasteiger partial charge in [-0.2, -0.15) is 0 Å². The van der Waals surface area contributed by atoms with Crippen LogP contribution in [0.3, 0.4) is 0 Å². The smallest absolute Gasteiger partial charge is 0.132 e. The quantitative estimate of drug-likeness (QED) is 0.884. The average molecular weight is 326 g/mol. The first-order chi connectivity index (χ1) is 9.04. The van der Waals surface area contributed by atoms with Gasteiger partial charge in [-0.05, 0) is 37.2 Å². The lowest BCUT2D eigenvalue weighted by Crippen LogP contribution is -2.21. The molecule has 0 fully saturated rings. The maximum Gasteiger partial charge on any atom is 0.132 e. The molecular formula is C15H14BrF2N. The van der Waals surface area contributed by atoms with Crippen LogP contribution in [0.5, 0.6) is 0 Å². The summed E-state index contributed by atoms with van der Waals surface area (Å²) in [5.41, 5.74) is 1.90. The summed E-state index contributed by atoms with van der Waals surface area (Å²) in [6, 6.07) is 9.61. The normalized spacial score (nSPS) is 12.5. The second kappa shape index (κ2) is 5.80. The van der Waals surface area contributed by atoms with Crippen molar-refractivity contribution in [2.45, 2.75) is 13.0 Å². The van der Waals surface area contributed by atoms with E-state index in [1.807, 2.05) is 31.2 Å². The van der Waals surface area contributed by atoms with Crippen molar-refractivity contribution >= 4 is 15.9 Å². The topological polar surface area (TPSA) is 12.0 Å². The molecule has 0 saturated carbocycles. The molecule has 4 heteroatoms. The Morgan fingerprint density at radius 2 is 1.68 bits per heavy atom. The van der Waals surface area contributed by atoms with Crippen LogP contribution in [-0.4, -0.2) is 7.05 Å². The van der Waals surface area contributed by atoms with Crippen molar-refractivity contribution in [3.8, 4) is 0 Å². The lowest BCUT2D eigenvalue weighted by atomic mass is 9.94. The van der Waals surface area contributed by atoms with Gasteiger partial charge in [-0.3, -0.25) is 0 Å². The summed E-state index contributed by atoms with van der Waals surface area (Å²) < 4.78 is 28.5. The molecule has 0 bridgehead atoms. The molecule has 2 aromatic rings. The van der Waals surface area contributed by atoms with E-state index in [2.05, 4.69) is 21.2 Å². The standard InChI is InChI=1S/C15H14BrF2N/c1-9-5-3-4-6-11(9)15(19-2)14-12(17)7-10(16)8-13(14)18/h3-8,15,19H,1-2H3. The summed E-state index contributed by atoms with van der Waals surface area (Å²) in [6.45, 7) is 1.92. The van der Waals surface area contributed by atoms with Gasteiger partial charge in [-0.1, -0.05) is 40.2 Å². The predicted octanol–water partition coefficient (Wildman–Crippen LogP) is 4.34. The Balaban J connectivity index is 2.58. The van der Waals surface area contributed by atoms with Crippen LogP contribution in [0, 0.1) is 18.6 Å². The summed E-state index contributed by atoms with van der Waals surface area (Å²) in [4.78, 5) is 0. The van der Waals surface area contributed by atoms with Crippen molar-refractivity contribution in [2.75, 3.05) is 7.05 Å². The molecule has 0 aromatic heterocycles. The van der Waals surface area contributed by atoms with E-state index in [0.29, 0.717) is 4.47 Å². The van der Waals surface area contributed by atoms with Crippen LogP contribution in [0.1, 0.15) is 22.7 Å². The molecule has 1 nitrogen and oxygen atoms in total. The highest BCUT2D eigenvalue weighted by molar-refractivity contribution is 9.10. The van der Waals surface area contributed by atoms with Crippen molar-refractivity contribution in [3.63, 3.8) is 0 Å². The molecule has 0 amide bonds. The predicted molar refractivity (Wildman–Crippen MR) is 76.1 cm³/mol. The largest absolute Gasteiger partial charge is 0.309 e. The van der Waals surface area contributed by atoms with E-state index in [9.17, 15) is 8.78 Å². The molecule has 1 unspecified atom stereocenters. The third-order valence-corrected chi connectivity index (χ3v) is 3.58. The maximum atomic E-state index is 14.1. The zero-order valence-corrected chi connectivity index (χ0v) is 12.3. The summed E-state index contributed by atoms with van der Waals surface area (Å²) in [7, 11) is 1.69. The van der Waals surface area contributed by atoms with Crippen LogP contribution < -0.4 is 5.32 Å². The molecule has 1 atom stereocenters. The van der Waals surface area contributed by atoms with E-state index in [1.165, 1.54) is 12.1 Å². The Bertz CT molecular complexity index is 575. The van der Waals surface area contributed by atoms with Crippen LogP contribution in [0.15, 0.2) is 40.9 Å². The molecule has 0 aliphatic heterocycles. The van der Waals surface area contributed by atoms with Gasteiger partial charge < -0.3 is 5.32 Å². The minimum atomic E-state index is -0.561. The third kappa shape index (κ3) is 2.85. The number of aryl methyl sites for hydroxylation is 1. The summed E-state index contributed by atoms with van der Waals surface area (Å²) >= 11 is 3.09. The van der Waals surface area contributed by atoms with Crippen molar-refractivity contribution in [1.29, 1.82) is 0 Å². The minimum Gasteiger partial charge on any atom is -0.309 e. The Kier molecular flexibility index (Phi) is 4.32. The van der Waals surface area contributed by atoms with Crippen LogP contribution in [-0.2, 0) is 0 Å². The van der Waals surface area contributed by atoms with Crippen molar-refractivity contribution < 1.29 is 8.78 Å². The fourth-order valence-corrected chi connectivity index (χ4v) is 2.60. The van der Waals surface area contributed by atoms with Crippen LogP contribution in [0.4, 0.5) is 8.78 Å². The number of hydrogen-bond acceptors (Lipinski definition) is 1. The Morgan fingerprint density at radius 3 is 2.21 bits per heavy atom. The second-order valence-corrected chi connectivity index (χ2v) is 5.28. The molecule has 2 aromatic carbocycles. The second-order valence-electron chi connectivity index (χ2n) is 4.36. The first-order valence-electron chi connectivity index (χ1n) is 5.92. The molecule has 19 heavy (non-hydrogen) atoms. The van der Waals surface area contributed by atoms with E-state index in [1.54, 1.807) is 7.05 Å². The lowest BCUT2D eigenvalue weighted by molar-refractivity contribution is 0.520. The van der Waals surface area contributed by atoms with Gasteiger partial charge in [-0.25, -0.2) is 8.78 Å². The molecule has 0 radical (unpaired) electrons. The van der Waals surface area contributed by atoms with Gasteiger partial charge in [0.15, 0.2) is 0 Å². The fourth-order valence-electron chi connectivity index (χ4n) is 2.20. The first kappa shape index (κ1) is 14.2. The van der Waals surface area contributed by atoms with Crippen LogP contribution in [0.2, 0.25) is 0 Å². The van der Waals surface area contributed by atoms with E-state index in [4.69, 9.17) is 0 Å². The monoisotopic (exact) mass is 325 g/mol. The Labute approximate surface area is 119 Å². The fraction of sp³-hybridized carbons (Fsp3) is 0.200. The van der Waals surface area contributed by atoms with E-state index >= 15 is 0 Å². The summed E-state index contributed by atoms with van der Waals surface area (Å²) in [5.74, 6) is -1.12. The van der Waals surface area contributed by atoms with Crippen molar-refractivity contribution in [1.82, 2.24) is 5.32 Å². The van der Waals surface area contributed by atoms with E-state index in [-0.39, 0.29) is 5.56 Å². The van der Waals surface area contributed by atoms with Gasteiger partial charge in [0.2, 0.25) is 0 Å². The van der Waals surface area contributed by atoms with Gasteiger partial charge in [0.25, 0.3) is 0 Å². The average Bonchev–Trinajstić information content (AvgIpc) is 2.34. The Hall–Kier alpha value is -1.26. The zero-order valence-electron chi connectivity index (χ0n) is 10.7. The third-order valence-electron chi connectivity index (χ3n) is 3.12. The molecule has 2 rings (SSSR count). The minimum absolute atomic E-state index is 0.0417. The highest BCUT2D eigenvalue weighted by atomic mass is 79.9. The van der Waals surface area contributed by atoms with Crippen LogP contribution >= 0.6 is 15.9 Å². The number of benzene rings is 2. The van der Waals surface area contributed by atoms with Gasteiger partial charge >= 0.3 is 0 Å². The molecule has 0 heterocycles. The van der Waals surface area contributed by atoms with Crippen molar-refractivity contribution in [3.05, 3.63) is 69.2 Å². The number of hydrogen-bond donors (Lipinski definition) is 1. The lowest BCUT2D eigenvalue weighted by Gasteiger charge is -2.20. The van der Waals surface area contributed by atoms with Gasteiger partial charge in [-0.15, -0.1) is 0 Å². The molecule has 0 aliphatic rings. The van der Waals surface area contributed by atoms with E-state index in [0.717, 1.165) is 11.1 Å². The van der Waals surface area contributed by atoms with E-state index < -0.39 is 17.7 Å². The van der Waals surface area contributed by atoms with Gasteiger partial charge in [0.1, 0.15) is 11.6 Å². The first-order valence-corrected chi connectivity index (χ1v) is 6.71. The maximum absolute atomic E-state index is 14.1. The molecule has 1 N–H and O–H groups in total. The summed E-state index contributed by atoms with van der Waals surface area (Å²) in [5, 5.41) is 2.98. The SMILES string of the molecule is CNC(c1ccccc1C)c1c(F)cc(Br)cc1F. The molecule has 0 saturated heterocycles. The summed E-state index contributed by atoms with van der Waals surface area (Å²) in [6.07, 6.45) is 0. The van der Waals surface area contributed by atoms with Crippen molar-refractivity contribution in [2.24, 2.45) is 0 Å². The zero-order chi connectivity index (χ0) is 14.0.